The Kier molecular flexibility index (Phi) is 3.91. The van der Waals surface area contributed by atoms with Gasteiger partial charge in [0.15, 0.2) is 0 Å². The van der Waals surface area contributed by atoms with Crippen molar-refractivity contribution in [1.29, 1.82) is 0 Å². The molecule has 0 aliphatic carbocycles. The maximum absolute atomic E-state index is 4.44. The average Bonchev–Trinajstić information content (AvgIpc) is 2.73. The maximum atomic E-state index is 4.44. The van der Waals surface area contributed by atoms with Crippen LogP contribution in [0.4, 0.5) is 5.69 Å². The van der Waals surface area contributed by atoms with Crippen molar-refractivity contribution in [2.45, 2.75) is 46.2 Å². The molecule has 0 bridgehead atoms. The van der Waals surface area contributed by atoms with Gasteiger partial charge in [-0.1, -0.05) is 6.92 Å². The van der Waals surface area contributed by atoms with Gasteiger partial charge in [-0.05, 0) is 45.2 Å². The number of aromatic nitrogens is 1. The molecule has 0 saturated carbocycles. The minimum absolute atomic E-state index is 0.139. The van der Waals surface area contributed by atoms with Crippen molar-refractivity contribution in [3.05, 3.63) is 24.0 Å². The number of pyridine rings is 1. The molecule has 1 aliphatic heterocycles. The third kappa shape index (κ3) is 3.70. The van der Waals surface area contributed by atoms with Gasteiger partial charge in [-0.3, -0.25) is 4.98 Å². The smallest absolute Gasteiger partial charge is 0.0562 e. The second kappa shape index (κ2) is 5.27. The fraction of sp³-hybridized carbons (Fsp3) is 0.667. The molecule has 100 valence electrons. The third-order valence-corrected chi connectivity index (χ3v) is 3.39. The van der Waals surface area contributed by atoms with E-state index < -0.39 is 0 Å². The first-order valence-corrected chi connectivity index (χ1v) is 6.89. The molecule has 0 radical (unpaired) electrons. The lowest BCUT2D eigenvalue weighted by atomic mass is 10.1. The van der Waals surface area contributed by atoms with Crippen LogP contribution < -0.4 is 10.2 Å². The third-order valence-electron chi connectivity index (χ3n) is 3.39. The molecule has 1 N–H and O–H groups in total. The zero-order chi connectivity index (χ0) is 13.2. The van der Waals surface area contributed by atoms with Gasteiger partial charge in [-0.25, -0.2) is 0 Å². The van der Waals surface area contributed by atoms with Crippen LogP contribution in [0.2, 0.25) is 0 Å². The fourth-order valence-electron chi connectivity index (χ4n) is 2.28. The summed E-state index contributed by atoms with van der Waals surface area (Å²) in [6.45, 7) is 12.1. The van der Waals surface area contributed by atoms with E-state index >= 15 is 0 Å². The summed E-state index contributed by atoms with van der Waals surface area (Å²) in [7, 11) is 0. The van der Waals surface area contributed by atoms with E-state index in [2.05, 4.69) is 55.0 Å². The summed E-state index contributed by atoms with van der Waals surface area (Å²) < 4.78 is 0. The van der Waals surface area contributed by atoms with Gasteiger partial charge in [0.1, 0.15) is 0 Å². The van der Waals surface area contributed by atoms with E-state index in [9.17, 15) is 0 Å². The van der Waals surface area contributed by atoms with Crippen molar-refractivity contribution >= 4 is 5.69 Å². The second-order valence-corrected chi connectivity index (χ2v) is 6.45. The molecule has 0 amide bonds. The predicted octanol–water partition coefficient (Wildman–Crippen LogP) is 2.82. The zero-order valence-corrected chi connectivity index (χ0v) is 12.0. The molecule has 0 spiro atoms. The van der Waals surface area contributed by atoms with Crippen molar-refractivity contribution in [3.63, 3.8) is 0 Å². The van der Waals surface area contributed by atoms with E-state index in [1.54, 1.807) is 0 Å². The average molecular weight is 247 g/mol. The Morgan fingerprint density at radius 1 is 1.44 bits per heavy atom. The van der Waals surface area contributed by atoms with Gasteiger partial charge in [-0.2, -0.15) is 0 Å². The summed E-state index contributed by atoms with van der Waals surface area (Å²) in [4.78, 5) is 6.91. The second-order valence-electron chi connectivity index (χ2n) is 6.45. The molecule has 2 rings (SSSR count). The van der Waals surface area contributed by atoms with E-state index in [0.29, 0.717) is 0 Å². The molecule has 1 unspecified atom stereocenters. The van der Waals surface area contributed by atoms with Crippen LogP contribution in [0.25, 0.3) is 0 Å². The van der Waals surface area contributed by atoms with Gasteiger partial charge in [0, 0.05) is 37.1 Å². The van der Waals surface area contributed by atoms with E-state index in [1.807, 2.05) is 6.20 Å². The molecule has 1 fully saturated rings. The number of hydrogen-bond acceptors (Lipinski definition) is 3. The van der Waals surface area contributed by atoms with Crippen LogP contribution in [0.15, 0.2) is 18.3 Å². The van der Waals surface area contributed by atoms with Gasteiger partial charge in [0.25, 0.3) is 0 Å². The molecule has 1 atom stereocenters. The van der Waals surface area contributed by atoms with Crippen LogP contribution in [-0.2, 0) is 6.54 Å². The summed E-state index contributed by atoms with van der Waals surface area (Å²) in [6, 6.07) is 4.34. The summed E-state index contributed by atoms with van der Waals surface area (Å²) in [5.41, 5.74) is 2.59. The van der Waals surface area contributed by atoms with Gasteiger partial charge in [0.2, 0.25) is 0 Å². The van der Waals surface area contributed by atoms with Crippen LogP contribution in [0, 0.1) is 5.92 Å². The number of hydrogen-bond donors (Lipinski definition) is 1. The van der Waals surface area contributed by atoms with Gasteiger partial charge in [-0.15, -0.1) is 0 Å². The van der Waals surface area contributed by atoms with Crippen LogP contribution in [0.5, 0.6) is 0 Å². The van der Waals surface area contributed by atoms with Crippen molar-refractivity contribution < 1.29 is 0 Å². The molecular formula is C15H25N3. The summed E-state index contributed by atoms with van der Waals surface area (Å²) >= 11 is 0. The first-order valence-electron chi connectivity index (χ1n) is 6.89. The minimum atomic E-state index is 0.139. The highest BCUT2D eigenvalue weighted by Crippen LogP contribution is 2.23. The van der Waals surface area contributed by atoms with Crippen molar-refractivity contribution in [2.75, 3.05) is 18.0 Å². The Hall–Kier alpha value is -1.09. The highest BCUT2D eigenvalue weighted by atomic mass is 15.1. The normalized spacial score (nSPS) is 20.4. The first kappa shape index (κ1) is 13.3. The van der Waals surface area contributed by atoms with Crippen LogP contribution in [-0.4, -0.2) is 23.6 Å². The van der Waals surface area contributed by atoms with Gasteiger partial charge >= 0.3 is 0 Å². The first-order chi connectivity index (χ1) is 8.44. The lowest BCUT2D eigenvalue weighted by Gasteiger charge is -2.22. The van der Waals surface area contributed by atoms with E-state index in [-0.39, 0.29) is 5.54 Å². The number of anilines is 1. The number of nitrogens with one attached hydrogen (secondary N) is 1. The Morgan fingerprint density at radius 2 is 2.22 bits per heavy atom. The number of rotatable bonds is 3. The molecule has 1 aliphatic rings. The van der Waals surface area contributed by atoms with E-state index in [0.717, 1.165) is 18.2 Å². The van der Waals surface area contributed by atoms with Gasteiger partial charge in [0.05, 0.1) is 5.69 Å². The van der Waals surface area contributed by atoms with Crippen molar-refractivity contribution in [1.82, 2.24) is 10.3 Å². The summed E-state index contributed by atoms with van der Waals surface area (Å²) in [6.07, 6.45) is 3.23. The van der Waals surface area contributed by atoms with Crippen LogP contribution in [0.1, 0.15) is 39.8 Å². The highest BCUT2D eigenvalue weighted by molar-refractivity contribution is 5.47. The highest BCUT2D eigenvalue weighted by Gasteiger charge is 2.19. The predicted molar refractivity (Wildman–Crippen MR) is 76.8 cm³/mol. The van der Waals surface area contributed by atoms with Gasteiger partial charge < -0.3 is 10.2 Å². The molecule has 3 nitrogen and oxygen atoms in total. The quantitative estimate of drug-likeness (QED) is 0.890. The van der Waals surface area contributed by atoms with Crippen LogP contribution >= 0.6 is 0 Å². The Bertz CT molecular complexity index is 395. The molecule has 2 heterocycles. The topological polar surface area (TPSA) is 28.2 Å². The Morgan fingerprint density at radius 3 is 2.83 bits per heavy atom. The molecule has 18 heavy (non-hydrogen) atoms. The van der Waals surface area contributed by atoms with Crippen molar-refractivity contribution in [2.24, 2.45) is 5.92 Å². The molecule has 3 heteroatoms. The largest absolute Gasteiger partial charge is 0.371 e. The summed E-state index contributed by atoms with van der Waals surface area (Å²) in [5, 5.41) is 3.48. The van der Waals surface area contributed by atoms with Crippen LogP contribution in [0.3, 0.4) is 0 Å². The van der Waals surface area contributed by atoms with E-state index in [4.69, 9.17) is 0 Å². The molecular weight excluding hydrogens is 222 g/mol. The molecule has 1 aromatic rings. The van der Waals surface area contributed by atoms with Crippen molar-refractivity contribution in [3.8, 4) is 0 Å². The lowest BCUT2D eigenvalue weighted by Crippen LogP contribution is -2.35. The zero-order valence-electron chi connectivity index (χ0n) is 12.0. The number of nitrogens with zero attached hydrogens (tertiary/aromatic N) is 2. The minimum Gasteiger partial charge on any atom is -0.371 e. The standard InChI is InChI=1S/C15H25N3/c1-12-6-8-18(11-12)14-5-7-16-13(9-14)10-17-15(2,3)4/h5,7,9,12,17H,6,8,10-11H2,1-4H3. The Balaban J connectivity index is 2.01. The molecule has 1 aromatic heterocycles. The summed E-state index contributed by atoms with van der Waals surface area (Å²) in [5.74, 6) is 0.814. The SMILES string of the molecule is CC1CCN(c2ccnc(CNC(C)(C)C)c2)C1. The monoisotopic (exact) mass is 247 g/mol. The maximum Gasteiger partial charge on any atom is 0.0562 e. The lowest BCUT2D eigenvalue weighted by molar-refractivity contribution is 0.421. The molecule has 1 saturated heterocycles. The molecule has 0 aromatic carbocycles. The Labute approximate surface area is 111 Å². The fourth-order valence-corrected chi connectivity index (χ4v) is 2.28. The van der Waals surface area contributed by atoms with E-state index in [1.165, 1.54) is 25.2 Å².